The highest BCUT2D eigenvalue weighted by Crippen LogP contribution is 2.40. The van der Waals surface area contributed by atoms with Crippen LogP contribution >= 0.6 is 11.8 Å². The fourth-order valence-electron chi connectivity index (χ4n) is 4.14. The van der Waals surface area contributed by atoms with Crippen LogP contribution in [-0.4, -0.2) is 47.4 Å². The Morgan fingerprint density at radius 2 is 1.52 bits per heavy atom. The van der Waals surface area contributed by atoms with Crippen LogP contribution in [0.2, 0.25) is 0 Å². The van der Waals surface area contributed by atoms with Crippen molar-refractivity contribution in [1.82, 2.24) is 4.90 Å². The minimum atomic E-state index is -1.26. The van der Waals surface area contributed by atoms with E-state index in [1.807, 2.05) is 79.8 Å². The Morgan fingerprint density at radius 1 is 0.939 bits per heavy atom. The first-order valence-electron chi connectivity index (χ1n) is 11.0. The SMILES string of the molecule is CS/C(=N\C1(c2ccccc2)N(c2ccc(C)cc2)CC(c2ccc(C)cc2)=[N+]1[O-])N(C)C. The average Bonchev–Trinajstić information content (AvgIpc) is 3.12. The van der Waals surface area contributed by atoms with Crippen LogP contribution in [0.3, 0.4) is 0 Å². The van der Waals surface area contributed by atoms with E-state index in [1.54, 1.807) is 0 Å². The van der Waals surface area contributed by atoms with E-state index < -0.39 is 5.79 Å². The predicted octanol–water partition coefficient (Wildman–Crippen LogP) is 5.21. The second-order valence-corrected chi connectivity index (χ2v) is 9.30. The van der Waals surface area contributed by atoms with Gasteiger partial charge in [-0.05, 0) is 56.5 Å². The first-order valence-corrected chi connectivity index (χ1v) is 12.2. The fraction of sp³-hybridized carbons (Fsp3) is 0.259. The Bertz CT molecular complexity index is 1170. The fourth-order valence-corrected chi connectivity index (χ4v) is 4.72. The third kappa shape index (κ3) is 4.23. The van der Waals surface area contributed by atoms with Crippen molar-refractivity contribution in [2.75, 3.05) is 31.8 Å². The van der Waals surface area contributed by atoms with Crippen molar-refractivity contribution in [3.05, 3.63) is 106 Å². The van der Waals surface area contributed by atoms with E-state index in [2.05, 4.69) is 43.0 Å². The molecule has 0 fully saturated rings. The molecular formula is C27H30N4OS. The molecule has 5 nitrogen and oxygen atoms in total. The van der Waals surface area contributed by atoms with Crippen molar-refractivity contribution in [3.8, 4) is 0 Å². The summed E-state index contributed by atoms with van der Waals surface area (Å²) < 4.78 is 1.10. The molecule has 0 spiro atoms. The van der Waals surface area contributed by atoms with Gasteiger partial charge in [-0.25, -0.2) is 0 Å². The lowest BCUT2D eigenvalue weighted by molar-refractivity contribution is -0.547. The number of benzene rings is 3. The normalized spacial score (nSPS) is 18.7. The number of nitrogens with zero attached hydrogens (tertiary/aromatic N) is 4. The zero-order valence-corrected chi connectivity index (χ0v) is 20.6. The van der Waals surface area contributed by atoms with Crippen molar-refractivity contribution in [3.63, 3.8) is 0 Å². The molecular weight excluding hydrogens is 428 g/mol. The number of hydrogen-bond donors (Lipinski definition) is 0. The molecule has 6 heteroatoms. The number of rotatable bonds is 4. The maximum atomic E-state index is 14.3. The van der Waals surface area contributed by atoms with Crippen LogP contribution in [0, 0.1) is 19.1 Å². The molecule has 0 amide bonds. The lowest BCUT2D eigenvalue weighted by atomic mass is 10.1. The highest BCUT2D eigenvalue weighted by Gasteiger charge is 2.55. The van der Waals surface area contributed by atoms with Crippen LogP contribution in [0.5, 0.6) is 0 Å². The Labute approximate surface area is 200 Å². The summed E-state index contributed by atoms with van der Waals surface area (Å²) in [5.74, 6) is -1.26. The summed E-state index contributed by atoms with van der Waals surface area (Å²) in [4.78, 5) is 9.25. The van der Waals surface area contributed by atoms with Crippen molar-refractivity contribution in [1.29, 1.82) is 0 Å². The van der Waals surface area contributed by atoms with Gasteiger partial charge in [0.2, 0.25) is 5.71 Å². The summed E-state index contributed by atoms with van der Waals surface area (Å²) in [5.41, 5.74) is 5.73. The van der Waals surface area contributed by atoms with E-state index >= 15 is 0 Å². The molecule has 4 rings (SSSR count). The first kappa shape index (κ1) is 22.9. The number of hydroxylamine groups is 1. The second-order valence-electron chi connectivity index (χ2n) is 8.52. The third-order valence-electron chi connectivity index (χ3n) is 5.92. The highest BCUT2D eigenvalue weighted by molar-refractivity contribution is 8.13. The first-order chi connectivity index (χ1) is 15.9. The number of aryl methyl sites for hydroxylation is 2. The third-order valence-corrected chi connectivity index (χ3v) is 6.74. The van der Waals surface area contributed by atoms with E-state index in [4.69, 9.17) is 4.99 Å². The van der Waals surface area contributed by atoms with Gasteiger partial charge in [-0.1, -0.05) is 65.4 Å². The second kappa shape index (κ2) is 9.32. The molecule has 1 aliphatic rings. The molecule has 1 unspecified atom stereocenters. The molecule has 0 radical (unpaired) electrons. The lowest BCUT2D eigenvalue weighted by Gasteiger charge is -2.34. The summed E-state index contributed by atoms with van der Waals surface area (Å²) >= 11 is 1.53. The minimum absolute atomic E-state index is 0.448. The summed E-state index contributed by atoms with van der Waals surface area (Å²) in [6, 6.07) is 26.3. The number of thioether (sulfide) groups is 1. The van der Waals surface area contributed by atoms with E-state index in [9.17, 15) is 5.21 Å². The topological polar surface area (TPSA) is 44.9 Å². The minimum Gasteiger partial charge on any atom is -0.620 e. The Hall–Kier alpha value is -3.25. The molecule has 0 aromatic heterocycles. The van der Waals surface area contributed by atoms with Crippen molar-refractivity contribution in [2.45, 2.75) is 19.6 Å². The molecule has 170 valence electrons. The number of hydrogen-bond acceptors (Lipinski definition) is 4. The molecule has 1 atom stereocenters. The Balaban J connectivity index is 2.03. The van der Waals surface area contributed by atoms with Crippen molar-refractivity contribution in [2.24, 2.45) is 4.99 Å². The monoisotopic (exact) mass is 458 g/mol. The van der Waals surface area contributed by atoms with E-state index in [1.165, 1.54) is 17.3 Å². The van der Waals surface area contributed by atoms with Crippen LogP contribution in [0.25, 0.3) is 0 Å². The van der Waals surface area contributed by atoms with Gasteiger partial charge in [0.25, 0.3) is 0 Å². The van der Waals surface area contributed by atoms with Crippen molar-refractivity contribution < 1.29 is 4.74 Å². The standard InChI is InChI=1S/C27H30N4OS/c1-20-11-15-22(16-12-20)25-19-30(24-17-13-21(2)14-18-24)27(31(25)32,23-9-7-6-8-10-23)28-26(33-5)29(3)4/h6-18H,19H2,1-5H3/b28-26-. The zero-order valence-electron chi connectivity index (χ0n) is 19.8. The highest BCUT2D eigenvalue weighted by atomic mass is 32.2. The molecule has 0 N–H and O–H groups in total. The van der Waals surface area contributed by atoms with Gasteiger partial charge in [-0.15, -0.1) is 0 Å². The van der Waals surface area contributed by atoms with Gasteiger partial charge in [0.1, 0.15) is 6.54 Å². The van der Waals surface area contributed by atoms with Gasteiger partial charge in [0, 0.05) is 25.3 Å². The van der Waals surface area contributed by atoms with E-state index in [0.717, 1.165) is 32.3 Å². The molecule has 1 heterocycles. The molecule has 0 saturated heterocycles. The molecule has 1 aliphatic heterocycles. The van der Waals surface area contributed by atoms with Gasteiger partial charge in [0.05, 0.1) is 5.56 Å². The number of aliphatic imine (C=N–C) groups is 1. The maximum absolute atomic E-state index is 14.3. The maximum Gasteiger partial charge on any atom is 0.379 e. The summed E-state index contributed by atoms with van der Waals surface area (Å²) in [6.45, 7) is 4.57. The molecule has 3 aromatic rings. The van der Waals surface area contributed by atoms with Crippen LogP contribution in [0.15, 0.2) is 83.9 Å². The Morgan fingerprint density at radius 3 is 2.06 bits per heavy atom. The molecule has 33 heavy (non-hydrogen) atoms. The molecule has 3 aromatic carbocycles. The summed E-state index contributed by atoms with van der Waals surface area (Å²) in [7, 11) is 3.91. The van der Waals surface area contributed by atoms with Gasteiger partial charge in [0.15, 0.2) is 5.17 Å². The average molecular weight is 459 g/mol. The predicted molar refractivity (Wildman–Crippen MR) is 140 cm³/mol. The van der Waals surface area contributed by atoms with Crippen LogP contribution in [0.1, 0.15) is 22.3 Å². The largest absolute Gasteiger partial charge is 0.620 e. The van der Waals surface area contributed by atoms with Crippen LogP contribution < -0.4 is 4.90 Å². The summed E-state index contributed by atoms with van der Waals surface area (Å²) in [5, 5.41) is 15.1. The van der Waals surface area contributed by atoms with Crippen LogP contribution in [-0.2, 0) is 5.79 Å². The van der Waals surface area contributed by atoms with Gasteiger partial charge < -0.3 is 10.1 Å². The quantitative estimate of drug-likeness (QED) is 0.233. The van der Waals surface area contributed by atoms with Crippen LogP contribution in [0.4, 0.5) is 5.69 Å². The van der Waals surface area contributed by atoms with E-state index in [0.29, 0.717) is 12.3 Å². The Kier molecular flexibility index (Phi) is 6.47. The van der Waals surface area contributed by atoms with Gasteiger partial charge in [-0.3, -0.25) is 4.90 Å². The lowest BCUT2D eigenvalue weighted by Crippen LogP contribution is -2.48. The molecule has 0 bridgehead atoms. The molecule has 0 aliphatic carbocycles. The molecule has 0 saturated carbocycles. The smallest absolute Gasteiger partial charge is 0.379 e. The van der Waals surface area contributed by atoms with Gasteiger partial charge in [-0.2, -0.15) is 9.73 Å². The summed E-state index contributed by atoms with van der Waals surface area (Å²) in [6.07, 6.45) is 1.99. The van der Waals surface area contributed by atoms with E-state index in [-0.39, 0.29) is 0 Å². The van der Waals surface area contributed by atoms with Gasteiger partial charge >= 0.3 is 5.79 Å². The zero-order chi connectivity index (χ0) is 23.6. The number of anilines is 1. The van der Waals surface area contributed by atoms with Crippen molar-refractivity contribution >= 4 is 28.3 Å². The number of amidine groups is 1.